The molecule has 93 heavy (non-hydrogen) atoms. The highest BCUT2D eigenvalue weighted by Crippen LogP contribution is 2.41. The average molecular weight is 1500 g/mol. The number of hydrogen-bond donors (Lipinski definition) is 2. The maximum Gasteiger partial charge on any atom is 0.508 e. The number of carbonyl (C=O) groups excluding carboxylic acids is 8. The number of halogens is 9. The molecule has 4 fully saturated rings. The number of amides is 2. The molecule has 0 unspecified atom stereocenters. The number of rotatable bonds is 22. The molecule has 0 bridgehead atoms. The van der Waals surface area contributed by atoms with E-state index in [2.05, 4.69) is 10.6 Å². The minimum atomic E-state index is -2.22. The third-order valence-electron chi connectivity index (χ3n) is 13.2. The number of alkyl carbamates (subject to hydrolysis) is 2. The Bertz CT molecular complexity index is 3020. The summed E-state index contributed by atoms with van der Waals surface area (Å²) < 4.78 is 102. The van der Waals surface area contributed by atoms with Gasteiger partial charge in [-0.25, -0.2) is 19.2 Å². The fourth-order valence-electron chi connectivity index (χ4n) is 9.48. The van der Waals surface area contributed by atoms with Gasteiger partial charge in [-0.1, -0.05) is 153 Å². The predicted octanol–water partition coefficient (Wildman–Crippen LogP) is 8.17. The third-order valence-corrected chi connectivity index (χ3v) is 14.2. The molecule has 0 aliphatic carbocycles. The van der Waals surface area contributed by atoms with Crippen molar-refractivity contribution in [3.8, 4) is 11.5 Å². The van der Waals surface area contributed by atoms with Crippen molar-refractivity contribution in [2.24, 2.45) is 0 Å². The Balaban J connectivity index is 1.47. The number of esters is 5. The van der Waals surface area contributed by atoms with Crippen molar-refractivity contribution in [1.82, 2.24) is 10.6 Å². The van der Waals surface area contributed by atoms with Gasteiger partial charge in [0, 0.05) is 33.3 Å². The number of nitrogens with one attached hydrogen (secondary N) is 2. The molecule has 4 saturated heterocycles. The van der Waals surface area contributed by atoms with Crippen LogP contribution in [-0.2, 0) is 95.0 Å². The van der Waals surface area contributed by atoms with Crippen LogP contribution in [0.3, 0.4) is 0 Å². The molecule has 2 N–H and O–H groups in total. The van der Waals surface area contributed by atoms with Crippen LogP contribution in [-0.4, -0.2) is 198 Å². The van der Waals surface area contributed by atoms with E-state index in [-0.39, 0.29) is 11.3 Å². The van der Waals surface area contributed by atoms with E-state index in [1.807, 2.05) is 0 Å². The number of methoxy groups -OCH3 is 1. The molecule has 16 atom stereocenters. The Morgan fingerprint density at radius 3 is 1.51 bits per heavy atom. The van der Waals surface area contributed by atoms with Gasteiger partial charge in [0.1, 0.15) is 93.2 Å². The van der Waals surface area contributed by atoms with Gasteiger partial charge in [-0.2, -0.15) is 0 Å². The Morgan fingerprint density at radius 2 is 0.968 bits per heavy atom. The number of hydrogen-bond acceptors (Lipinski definition) is 26. The molecule has 4 aliphatic heterocycles. The van der Waals surface area contributed by atoms with Gasteiger partial charge >= 0.3 is 48.2 Å². The van der Waals surface area contributed by atoms with Gasteiger partial charge < -0.3 is 95.9 Å². The van der Waals surface area contributed by atoms with Crippen LogP contribution in [0.25, 0.3) is 0 Å². The highest BCUT2D eigenvalue weighted by Gasteiger charge is 2.60. The Morgan fingerprint density at radius 1 is 0.484 bits per heavy atom. The van der Waals surface area contributed by atoms with Crippen LogP contribution >= 0.6 is 104 Å². The molecule has 37 heteroatoms. The molecule has 0 aromatic heterocycles. The van der Waals surface area contributed by atoms with Gasteiger partial charge in [0.05, 0.1) is 19.3 Å². The highest BCUT2D eigenvalue weighted by atomic mass is 35.6. The second kappa shape index (κ2) is 34.1. The second-order valence-electron chi connectivity index (χ2n) is 20.2. The number of carbonyl (C=O) groups is 8. The van der Waals surface area contributed by atoms with E-state index in [0.717, 1.165) is 27.7 Å². The number of fused-ring (bicyclic) bond motifs is 1. The lowest BCUT2D eigenvalue weighted by atomic mass is 9.93. The molecular formula is C56H59Cl9N2O26. The summed E-state index contributed by atoms with van der Waals surface area (Å²) in [6.45, 7) is -0.759. The van der Waals surface area contributed by atoms with Gasteiger partial charge in [0.15, 0.2) is 43.3 Å². The van der Waals surface area contributed by atoms with Crippen LogP contribution in [0.1, 0.15) is 49.9 Å². The summed E-state index contributed by atoms with van der Waals surface area (Å²) in [5.41, 5.74) is 0.368. The third kappa shape index (κ3) is 23.2. The molecule has 0 saturated carbocycles. The average Bonchev–Trinajstić information content (AvgIpc) is 0.760. The van der Waals surface area contributed by atoms with Gasteiger partial charge in [0.25, 0.3) is 0 Å². The molecule has 7 rings (SSSR count). The van der Waals surface area contributed by atoms with E-state index in [0.29, 0.717) is 11.3 Å². The van der Waals surface area contributed by atoms with Crippen molar-refractivity contribution in [2.75, 3.05) is 46.8 Å². The molecule has 3 aromatic rings. The topological polar surface area (TPSA) is 327 Å². The maximum atomic E-state index is 14.7. The molecule has 2 amide bonds. The molecule has 0 radical (unpaired) electrons. The van der Waals surface area contributed by atoms with Gasteiger partial charge in [-0.15, -0.1) is 0 Å². The normalized spacial score (nSPS) is 27.8. The first-order chi connectivity index (χ1) is 43.8. The molecule has 3 aromatic carbocycles. The van der Waals surface area contributed by atoms with Crippen molar-refractivity contribution in [2.45, 2.75) is 137 Å². The monoisotopic (exact) mass is 1490 g/mol. The van der Waals surface area contributed by atoms with Crippen LogP contribution in [0, 0.1) is 0 Å². The maximum absolute atomic E-state index is 14.7. The van der Waals surface area contributed by atoms with Crippen molar-refractivity contribution in [3.05, 3.63) is 96.1 Å². The van der Waals surface area contributed by atoms with E-state index < -0.39 is 197 Å². The predicted molar refractivity (Wildman–Crippen MR) is 323 cm³/mol. The zero-order valence-corrected chi connectivity index (χ0v) is 55.9. The van der Waals surface area contributed by atoms with E-state index >= 15 is 0 Å². The molecule has 512 valence electrons. The summed E-state index contributed by atoms with van der Waals surface area (Å²) in [7, 11) is 1.40. The van der Waals surface area contributed by atoms with Crippen LogP contribution in [0.5, 0.6) is 11.5 Å². The fourth-order valence-corrected chi connectivity index (χ4v) is 9.98. The fraction of sp³-hybridized carbons (Fsp3) is 0.536. The summed E-state index contributed by atoms with van der Waals surface area (Å²) in [4.78, 5) is 108. The summed E-state index contributed by atoms with van der Waals surface area (Å²) in [6.07, 6.45) is -30.1. The van der Waals surface area contributed by atoms with E-state index in [1.165, 1.54) is 55.6 Å². The Kier molecular flexibility index (Phi) is 27.6. The van der Waals surface area contributed by atoms with Gasteiger partial charge in [-0.05, 0) is 36.4 Å². The number of alkyl halides is 9. The lowest BCUT2D eigenvalue weighted by Crippen LogP contribution is -2.72. The Hall–Kier alpha value is -5.25. The SMILES string of the molecule is COc1ccc(O[C@@H]2O[C@H](COC(C)=O)[C@H](O[C@@H]3O[C@H](COC(C)=O)[C@H](OC(C)=O)[C@H](OC(C)=O)[C@H]3NC(=O)OCC(Cl)(Cl)Cl)[C@H](O[C@@H]3O[C@@H]4CO[C@@H](c5ccccc5)O[C@H]4[C@H](OC(=O)OCC(Cl)(Cl)Cl)[C@H]3NC(=O)OCC(Cl)(Cl)Cl)[C@H]2OC(=O)c2ccccc2)cc1. The zero-order valence-electron chi connectivity index (χ0n) is 49.1. The van der Waals surface area contributed by atoms with Crippen LogP contribution < -0.4 is 20.1 Å². The summed E-state index contributed by atoms with van der Waals surface area (Å²) in [5, 5.41) is 4.92. The largest absolute Gasteiger partial charge is 0.508 e. The van der Waals surface area contributed by atoms with Crippen molar-refractivity contribution < 1.29 is 124 Å². The van der Waals surface area contributed by atoms with Gasteiger partial charge in [0.2, 0.25) is 17.7 Å². The number of ether oxygens (including phenoxy) is 18. The quantitative estimate of drug-likeness (QED) is 0.0544. The number of benzene rings is 3. The zero-order chi connectivity index (χ0) is 68.0. The molecule has 4 heterocycles. The summed E-state index contributed by atoms with van der Waals surface area (Å²) in [6, 6.07) is 17.7. The van der Waals surface area contributed by atoms with Gasteiger partial charge in [-0.3, -0.25) is 19.2 Å². The van der Waals surface area contributed by atoms with Crippen LogP contribution in [0.4, 0.5) is 14.4 Å². The highest BCUT2D eigenvalue weighted by molar-refractivity contribution is 6.68. The van der Waals surface area contributed by atoms with E-state index in [1.54, 1.807) is 36.4 Å². The molecule has 28 nitrogen and oxygen atoms in total. The smallest absolute Gasteiger partial charge is 0.497 e. The standard InChI is InChI=1S/C56H59Cl9N2O26/c1-26(68)77-20-34-39(83-28(3)70)42(84-29(4)71)37(66-51(73)80-23-54(57,58)59)48(86-34)91-41-35(21-78-27(2)69)88-50(85-33-18-16-32(76-5)17-19-33)45(89-46(72)30-12-8-6-9-13-30)44(41)92-49-38(67-52(74)81-24-55(60,61)62)43(93-53(75)82-25-56(63,64)65)40-36(87-49)22-79-47(90-40)31-14-10-7-11-15-31/h6-19,34-45,47-50H,20-25H2,1-5H3,(H,66,73)(H,67,74)/t34-,35-,36-,37-,38-,39+,40-,41+,42-,43-,44+,45-,47-,48+,49+,50-/m1/s1. The van der Waals surface area contributed by atoms with Crippen LogP contribution in [0.2, 0.25) is 0 Å². The lowest BCUT2D eigenvalue weighted by molar-refractivity contribution is -0.381. The minimum absolute atomic E-state index is 0.00696. The summed E-state index contributed by atoms with van der Waals surface area (Å²) in [5.74, 6) is -4.61. The minimum Gasteiger partial charge on any atom is -0.497 e. The van der Waals surface area contributed by atoms with Crippen LogP contribution in [0.15, 0.2) is 84.9 Å². The van der Waals surface area contributed by atoms with Crippen molar-refractivity contribution >= 4 is 153 Å². The first kappa shape index (κ1) is 75.1. The van der Waals surface area contributed by atoms with Crippen molar-refractivity contribution in [3.63, 3.8) is 0 Å². The first-order valence-electron chi connectivity index (χ1n) is 27.5. The lowest BCUT2D eigenvalue weighted by Gasteiger charge is -2.52. The summed E-state index contributed by atoms with van der Waals surface area (Å²) >= 11 is 53.8. The molecule has 0 spiro atoms. The first-order valence-corrected chi connectivity index (χ1v) is 30.9. The Labute approximate surface area is 575 Å². The second-order valence-corrected chi connectivity index (χ2v) is 27.8. The molecule has 4 aliphatic rings. The van der Waals surface area contributed by atoms with E-state index in [9.17, 15) is 38.4 Å². The van der Waals surface area contributed by atoms with E-state index in [4.69, 9.17) is 190 Å². The molecular weight excluding hydrogens is 1440 g/mol. The van der Waals surface area contributed by atoms with Crippen molar-refractivity contribution in [1.29, 1.82) is 0 Å².